The van der Waals surface area contributed by atoms with Crippen LogP contribution in [0.1, 0.15) is 25.1 Å². The van der Waals surface area contributed by atoms with Crippen molar-refractivity contribution < 1.29 is 9.47 Å². The van der Waals surface area contributed by atoms with Crippen molar-refractivity contribution in [2.24, 2.45) is 0 Å². The van der Waals surface area contributed by atoms with Crippen LogP contribution in [0.25, 0.3) is 11.4 Å². The fourth-order valence-corrected chi connectivity index (χ4v) is 2.80. The molecule has 5 heteroatoms. The zero-order valence-corrected chi connectivity index (χ0v) is 13.1. The number of fused-ring (bicyclic) bond motifs is 1. The fourth-order valence-electron chi connectivity index (χ4n) is 2.60. The van der Waals surface area contributed by atoms with Crippen LogP contribution in [-0.2, 0) is 17.8 Å². The smallest absolute Gasteiger partial charge is 0.164 e. The van der Waals surface area contributed by atoms with Gasteiger partial charge in [0.1, 0.15) is 16.5 Å². The van der Waals surface area contributed by atoms with Gasteiger partial charge in [-0.15, -0.1) is 0 Å². The molecule has 1 aliphatic rings. The van der Waals surface area contributed by atoms with Gasteiger partial charge in [-0.05, 0) is 31.5 Å². The van der Waals surface area contributed by atoms with Gasteiger partial charge in [-0.1, -0.05) is 23.7 Å². The maximum Gasteiger partial charge on any atom is 0.164 e. The highest BCUT2D eigenvalue weighted by Crippen LogP contribution is 2.41. The first-order valence-electron chi connectivity index (χ1n) is 6.82. The van der Waals surface area contributed by atoms with Crippen LogP contribution in [0.15, 0.2) is 24.3 Å². The summed E-state index contributed by atoms with van der Waals surface area (Å²) in [5.41, 5.74) is 2.60. The van der Waals surface area contributed by atoms with Gasteiger partial charge in [0.2, 0.25) is 0 Å². The summed E-state index contributed by atoms with van der Waals surface area (Å²) in [5, 5.41) is 0.405. The van der Waals surface area contributed by atoms with Gasteiger partial charge in [-0.2, -0.15) is 0 Å². The van der Waals surface area contributed by atoms with Crippen molar-refractivity contribution in [1.29, 1.82) is 0 Å². The van der Waals surface area contributed by atoms with E-state index in [1.54, 1.807) is 13.2 Å². The molecule has 1 aliphatic heterocycles. The number of nitrogens with zero attached hydrogens (tertiary/aromatic N) is 2. The van der Waals surface area contributed by atoms with Crippen molar-refractivity contribution in [3.63, 3.8) is 0 Å². The van der Waals surface area contributed by atoms with Gasteiger partial charge in [-0.3, -0.25) is 0 Å². The van der Waals surface area contributed by atoms with Crippen molar-refractivity contribution in [3.05, 3.63) is 40.7 Å². The van der Waals surface area contributed by atoms with E-state index in [4.69, 9.17) is 21.1 Å². The largest absolute Gasteiger partial charge is 0.486 e. The van der Waals surface area contributed by atoms with E-state index < -0.39 is 0 Å². The average molecular weight is 305 g/mol. The van der Waals surface area contributed by atoms with E-state index in [0.29, 0.717) is 17.6 Å². The van der Waals surface area contributed by atoms with Crippen molar-refractivity contribution in [1.82, 2.24) is 9.97 Å². The Hall–Kier alpha value is -1.65. The lowest BCUT2D eigenvalue weighted by molar-refractivity contribution is 0.139. The minimum atomic E-state index is -0.202. The molecule has 2 heterocycles. The Morgan fingerprint density at radius 3 is 2.90 bits per heavy atom. The summed E-state index contributed by atoms with van der Waals surface area (Å²) in [4.78, 5) is 8.85. The highest BCUT2D eigenvalue weighted by atomic mass is 35.5. The van der Waals surface area contributed by atoms with E-state index >= 15 is 0 Å². The molecule has 0 N–H and O–H groups in total. The lowest BCUT2D eigenvalue weighted by atomic mass is 10.0. The van der Waals surface area contributed by atoms with Gasteiger partial charge >= 0.3 is 0 Å². The molecule has 3 rings (SSSR count). The minimum absolute atomic E-state index is 0.202. The van der Waals surface area contributed by atoms with Crippen LogP contribution in [0.5, 0.6) is 5.75 Å². The molecule has 1 aromatic carbocycles. The molecular formula is C16H17ClN2O2. The third-order valence-electron chi connectivity index (χ3n) is 3.37. The molecule has 0 saturated carbocycles. The van der Waals surface area contributed by atoms with Gasteiger partial charge in [-0.25, -0.2) is 9.97 Å². The topological polar surface area (TPSA) is 44.2 Å². The molecule has 0 unspecified atom stereocenters. The summed E-state index contributed by atoms with van der Waals surface area (Å²) in [6, 6.07) is 7.75. The van der Waals surface area contributed by atoms with Crippen molar-refractivity contribution in [2.45, 2.75) is 32.5 Å². The van der Waals surface area contributed by atoms with Crippen LogP contribution in [0.2, 0.25) is 5.15 Å². The number of para-hydroxylation sites is 1. The zero-order valence-electron chi connectivity index (χ0n) is 12.3. The minimum Gasteiger partial charge on any atom is -0.486 e. The van der Waals surface area contributed by atoms with Crippen molar-refractivity contribution >= 4 is 11.6 Å². The Balaban J connectivity index is 2.09. The van der Waals surface area contributed by atoms with Gasteiger partial charge in [0, 0.05) is 13.5 Å². The Morgan fingerprint density at radius 2 is 2.14 bits per heavy atom. The van der Waals surface area contributed by atoms with Crippen LogP contribution in [0, 0.1) is 0 Å². The zero-order chi connectivity index (χ0) is 15.0. The van der Waals surface area contributed by atoms with Gasteiger partial charge in [0.15, 0.2) is 5.82 Å². The summed E-state index contributed by atoms with van der Waals surface area (Å²) >= 11 is 6.10. The van der Waals surface area contributed by atoms with Gasteiger partial charge in [0.05, 0.1) is 17.9 Å². The first-order valence-corrected chi connectivity index (χ1v) is 7.20. The lowest BCUT2D eigenvalue weighted by Crippen LogP contribution is -2.24. The van der Waals surface area contributed by atoms with E-state index in [-0.39, 0.29) is 5.60 Å². The Bertz CT molecular complexity index is 686. The molecule has 21 heavy (non-hydrogen) atoms. The number of benzene rings is 1. The molecule has 110 valence electrons. The number of hydrogen-bond donors (Lipinski definition) is 0. The van der Waals surface area contributed by atoms with Crippen LogP contribution in [0.4, 0.5) is 0 Å². The monoisotopic (exact) mass is 304 g/mol. The SMILES string of the molecule is COCc1cc(Cl)nc(-c2cccc3c2OC(C)(C)C3)n1. The third kappa shape index (κ3) is 2.87. The second-order valence-electron chi connectivity index (χ2n) is 5.77. The summed E-state index contributed by atoms with van der Waals surface area (Å²) in [6.07, 6.45) is 0.877. The molecular weight excluding hydrogens is 288 g/mol. The maximum atomic E-state index is 6.10. The van der Waals surface area contributed by atoms with E-state index in [0.717, 1.165) is 23.4 Å². The molecule has 0 amide bonds. The summed E-state index contributed by atoms with van der Waals surface area (Å²) in [7, 11) is 1.63. The van der Waals surface area contributed by atoms with E-state index in [1.165, 1.54) is 5.56 Å². The predicted octanol–water partition coefficient (Wildman–Crippen LogP) is 3.66. The number of halogens is 1. The summed E-state index contributed by atoms with van der Waals surface area (Å²) in [5.74, 6) is 1.43. The van der Waals surface area contributed by atoms with Gasteiger partial charge in [0.25, 0.3) is 0 Å². The molecule has 0 saturated heterocycles. The first kappa shape index (κ1) is 14.3. The normalized spacial score (nSPS) is 15.6. The molecule has 0 atom stereocenters. The summed E-state index contributed by atoms with van der Waals surface area (Å²) < 4.78 is 11.2. The Labute approximate surface area is 129 Å². The van der Waals surface area contributed by atoms with Crippen LogP contribution in [0.3, 0.4) is 0 Å². The highest BCUT2D eigenvalue weighted by Gasteiger charge is 2.32. The van der Waals surface area contributed by atoms with Gasteiger partial charge < -0.3 is 9.47 Å². The molecule has 1 aromatic heterocycles. The molecule has 0 fully saturated rings. The number of rotatable bonds is 3. The molecule has 4 nitrogen and oxygen atoms in total. The standard InChI is InChI=1S/C16H17ClN2O2/c1-16(2)8-10-5-4-6-12(14(10)21-16)15-18-11(9-20-3)7-13(17)19-15/h4-7H,8-9H2,1-3H3. The molecule has 0 bridgehead atoms. The van der Waals surface area contributed by atoms with E-state index in [1.807, 2.05) is 12.1 Å². The first-order chi connectivity index (χ1) is 9.98. The molecule has 0 aliphatic carbocycles. The highest BCUT2D eigenvalue weighted by molar-refractivity contribution is 6.29. The Kier molecular flexibility index (Phi) is 3.59. The third-order valence-corrected chi connectivity index (χ3v) is 3.57. The van der Waals surface area contributed by atoms with Crippen LogP contribution >= 0.6 is 11.6 Å². The van der Waals surface area contributed by atoms with Crippen LogP contribution in [-0.4, -0.2) is 22.7 Å². The van der Waals surface area contributed by atoms with Crippen molar-refractivity contribution in [2.75, 3.05) is 7.11 Å². The lowest BCUT2D eigenvalue weighted by Gasteiger charge is -2.18. The van der Waals surface area contributed by atoms with Crippen molar-refractivity contribution in [3.8, 4) is 17.1 Å². The number of hydrogen-bond acceptors (Lipinski definition) is 4. The molecule has 0 spiro atoms. The second kappa shape index (κ2) is 5.28. The van der Waals surface area contributed by atoms with Crippen LogP contribution < -0.4 is 4.74 Å². The number of methoxy groups -OCH3 is 1. The maximum absolute atomic E-state index is 6.10. The Morgan fingerprint density at radius 1 is 1.33 bits per heavy atom. The second-order valence-corrected chi connectivity index (χ2v) is 6.16. The molecule has 2 aromatic rings. The average Bonchev–Trinajstić information content (AvgIpc) is 2.71. The van der Waals surface area contributed by atoms with E-state index in [2.05, 4.69) is 29.9 Å². The van der Waals surface area contributed by atoms with E-state index in [9.17, 15) is 0 Å². The number of aromatic nitrogens is 2. The summed E-state index contributed by atoms with van der Waals surface area (Å²) in [6.45, 7) is 4.55. The number of ether oxygens (including phenoxy) is 2. The molecule has 0 radical (unpaired) electrons. The fraction of sp³-hybridized carbons (Fsp3) is 0.375. The quantitative estimate of drug-likeness (QED) is 0.812. The predicted molar refractivity (Wildman–Crippen MR) is 81.6 cm³/mol.